The van der Waals surface area contributed by atoms with E-state index in [2.05, 4.69) is 108 Å². The van der Waals surface area contributed by atoms with Gasteiger partial charge in [-0.2, -0.15) is 0 Å². The van der Waals surface area contributed by atoms with Gasteiger partial charge in [0.2, 0.25) is 0 Å². The SMILES string of the molecule is [2H]C([2H])(c1cc(-c2[c-]cccc2)ncc1[Si](C)(C)C)C(C)c1ccccc1.[Ir].[c-]1ccc2c(oc3ccccc32)c1-c1nc2ccccc2n1-c1ccc(-c2ccccc2)cc1. The molecule has 0 N–H and O–H groups in total. The predicted octanol–water partition coefficient (Wildman–Crippen LogP) is 13.5. The number of pyridine rings is 1. The van der Waals surface area contributed by atoms with Crippen LogP contribution in [0.2, 0.25) is 19.6 Å². The molecule has 297 valence electrons. The van der Waals surface area contributed by atoms with Crippen molar-refractivity contribution in [1.82, 2.24) is 14.5 Å². The van der Waals surface area contributed by atoms with Gasteiger partial charge in [0.1, 0.15) is 5.58 Å². The van der Waals surface area contributed by atoms with Gasteiger partial charge in [0.15, 0.2) is 0 Å². The maximum atomic E-state index is 9.04. The molecule has 10 rings (SSSR count). The Morgan fingerprint density at radius 2 is 1.38 bits per heavy atom. The molecule has 1 radical (unpaired) electrons. The van der Waals surface area contributed by atoms with Crippen molar-refractivity contribution in [1.29, 1.82) is 0 Å². The van der Waals surface area contributed by atoms with E-state index in [1.807, 2.05) is 122 Å². The number of para-hydroxylation sites is 3. The van der Waals surface area contributed by atoms with Gasteiger partial charge in [-0.1, -0.05) is 152 Å². The molecule has 60 heavy (non-hydrogen) atoms. The van der Waals surface area contributed by atoms with Crippen LogP contribution in [-0.2, 0) is 26.5 Å². The average molecular weight is 974 g/mol. The number of hydrogen-bond acceptors (Lipinski definition) is 3. The van der Waals surface area contributed by atoms with Crippen molar-refractivity contribution in [3.05, 3.63) is 205 Å². The van der Waals surface area contributed by atoms with Crippen LogP contribution < -0.4 is 5.19 Å². The topological polar surface area (TPSA) is 43.9 Å². The molecule has 0 saturated heterocycles. The van der Waals surface area contributed by atoms with Gasteiger partial charge in [0.25, 0.3) is 0 Å². The molecule has 4 nitrogen and oxygen atoms in total. The van der Waals surface area contributed by atoms with E-state index in [-0.39, 0.29) is 26.0 Å². The molecule has 3 aromatic heterocycles. The van der Waals surface area contributed by atoms with Crippen LogP contribution >= 0.6 is 0 Å². The molecule has 0 aliphatic heterocycles. The summed E-state index contributed by atoms with van der Waals surface area (Å²) in [4.78, 5) is 9.69. The van der Waals surface area contributed by atoms with Crippen molar-refractivity contribution in [2.75, 3.05) is 0 Å². The average Bonchev–Trinajstić information content (AvgIpc) is 3.88. The van der Waals surface area contributed by atoms with Crippen LogP contribution in [0.3, 0.4) is 0 Å². The number of nitrogens with zero attached hydrogens (tertiary/aromatic N) is 3. The maximum absolute atomic E-state index is 9.04. The predicted molar refractivity (Wildman–Crippen MR) is 248 cm³/mol. The van der Waals surface area contributed by atoms with Crippen LogP contribution in [0.25, 0.3) is 72.4 Å². The molecular formula is C54H45IrN3OSi-2. The van der Waals surface area contributed by atoms with E-state index in [1.165, 1.54) is 11.1 Å². The Morgan fingerprint density at radius 3 is 2.13 bits per heavy atom. The normalized spacial score (nSPS) is 12.6. The molecule has 0 fully saturated rings. The Hall–Kier alpha value is -6.17. The first kappa shape index (κ1) is 38.1. The van der Waals surface area contributed by atoms with Gasteiger partial charge < -0.3 is 14.0 Å². The fourth-order valence-electron chi connectivity index (χ4n) is 7.68. The van der Waals surface area contributed by atoms with E-state index in [0.717, 1.165) is 77.6 Å². The Morgan fingerprint density at radius 1 is 0.700 bits per heavy atom. The van der Waals surface area contributed by atoms with Crippen molar-refractivity contribution >= 4 is 46.2 Å². The summed E-state index contributed by atoms with van der Waals surface area (Å²) in [5, 5.41) is 3.25. The zero-order valence-corrected chi connectivity index (χ0v) is 37.4. The molecule has 1 unspecified atom stereocenters. The fourth-order valence-corrected chi connectivity index (χ4v) is 9.08. The molecular weight excluding hydrogens is 927 g/mol. The minimum absolute atomic E-state index is 0. The third-order valence-corrected chi connectivity index (χ3v) is 12.7. The molecule has 0 bridgehead atoms. The molecule has 0 amide bonds. The second-order valence-corrected chi connectivity index (χ2v) is 20.8. The third-order valence-electron chi connectivity index (χ3n) is 10.7. The molecule has 0 aliphatic rings. The summed E-state index contributed by atoms with van der Waals surface area (Å²) in [7, 11) is -1.77. The van der Waals surface area contributed by atoms with Gasteiger partial charge in [-0.3, -0.25) is 4.98 Å². The van der Waals surface area contributed by atoms with Crippen LogP contribution in [0, 0.1) is 12.1 Å². The Labute approximate surface area is 369 Å². The number of benzene rings is 7. The summed E-state index contributed by atoms with van der Waals surface area (Å²) in [6.45, 7) is 8.69. The molecule has 3 heterocycles. The van der Waals surface area contributed by atoms with Crippen molar-refractivity contribution in [2.24, 2.45) is 0 Å². The maximum Gasteiger partial charge on any atom is 0.120 e. The summed E-state index contributed by atoms with van der Waals surface area (Å²) < 4.78 is 26.6. The molecule has 0 aliphatic carbocycles. The molecule has 0 saturated carbocycles. The van der Waals surface area contributed by atoms with Gasteiger partial charge >= 0.3 is 0 Å². The molecule has 6 heteroatoms. The Balaban J connectivity index is 0.000000173. The van der Waals surface area contributed by atoms with E-state index in [0.29, 0.717) is 0 Å². The van der Waals surface area contributed by atoms with Gasteiger partial charge in [0, 0.05) is 40.1 Å². The number of furan rings is 1. The first-order valence-corrected chi connectivity index (χ1v) is 23.6. The number of rotatable bonds is 8. The van der Waals surface area contributed by atoms with Crippen LogP contribution in [0.5, 0.6) is 0 Å². The molecule has 7 aromatic carbocycles. The first-order chi connectivity index (χ1) is 29.6. The Bertz CT molecular complexity index is 3110. The van der Waals surface area contributed by atoms with Crippen molar-refractivity contribution < 1.29 is 27.3 Å². The second kappa shape index (κ2) is 17.6. The number of hydrogen-bond donors (Lipinski definition) is 0. The van der Waals surface area contributed by atoms with Gasteiger partial charge in [0.05, 0.1) is 30.5 Å². The summed E-state index contributed by atoms with van der Waals surface area (Å²) in [6, 6.07) is 65.6. The fraction of sp³-hybridized carbons (Fsp3) is 0.111. The smallest absolute Gasteiger partial charge is 0.120 e. The monoisotopic (exact) mass is 974 g/mol. The third kappa shape index (κ3) is 8.32. The zero-order chi connectivity index (χ0) is 42.1. The van der Waals surface area contributed by atoms with E-state index in [9.17, 15) is 0 Å². The first-order valence-electron chi connectivity index (χ1n) is 21.1. The minimum atomic E-state index is -1.77. The number of fused-ring (bicyclic) bond motifs is 4. The largest absolute Gasteiger partial charge is 0.501 e. The number of aromatic nitrogens is 3. The van der Waals surface area contributed by atoms with E-state index in [1.54, 1.807) is 0 Å². The van der Waals surface area contributed by atoms with Crippen LogP contribution in [0.15, 0.2) is 187 Å². The van der Waals surface area contributed by atoms with E-state index >= 15 is 0 Å². The standard InChI is InChI=1S/C31H19N2O.C23H26NSi.Ir/c1-2-9-21(10-3-1)22-17-19-23(20-18-22)33-28-15-6-5-14-27(28)32-31(33)26-13-8-12-25-24-11-4-7-16-29(24)34-30(25)26;1-18(19-11-7-5-8-12-19)15-21-16-22(20-13-9-6-10-14-20)24-17-23(21)25(2,3)4;/h1-12,14-20H;5-13,16-18H,15H2,1-4H3;/q2*-1;/i;15D2;. The van der Waals surface area contributed by atoms with Gasteiger partial charge in [-0.15, -0.1) is 54.1 Å². The minimum Gasteiger partial charge on any atom is -0.501 e. The van der Waals surface area contributed by atoms with E-state index in [4.69, 9.17) is 12.1 Å². The van der Waals surface area contributed by atoms with Gasteiger partial charge in [-0.05, 0) is 70.2 Å². The van der Waals surface area contributed by atoms with Crippen molar-refractivity contribution in [2.45, 2.75) is 38.9 Å². The summed E-state index contributed by atoms with van der Waals surface area (Å²) in [5.41, 5.74) is 11.4. The van der Waals surface area contributed by atoms with Crippen LogP contribution in [-0.4, -0.2) is 22.6 Å². The van der Waals surface area contributed by atoms with Crippen molar-refractivity contribution in [3.8, 4) is 39.5 Å². The second-order valence-electron chi connectivity index (χ2n) is 15.8. The van der Waals surface area contributed by atoms with Crippen molar-refractivity contribution in [3.63, 3.8) is 0 Å². The summed E-state index contributed by atoms with van der Waals surface area (Å²) >= 11 is 0. The summed E-state index contributed by atoms with van der Waals surface area (Å²) in [6.07, 6.45) is 0.400. The summed E-state index contributed by atoms with van der Waals surface area (Å²) in [5.74, 6) is 0.558. The molecule has 1 atom stereocenters. The van der Waals surface area contributed by atoms with E-state index < -0.39 is 14.4 Å². The zero-order valence-electron chi connectivity index (χ0n) is 36.0. The number of imidazole rings is 1. The molecule has 10 aromatic rings. The van der Waals surface area contributed by atoms with Crippen LogP contribution in [0.4, 0.5) is 0 Å². The van der Waals surface area contributed by atoms with Gasteiger partial charge in [-0.25, -0.2) is 0 Å². The Kier molecular flexibility index (Phi) is 11.2. The van der Waals surface area contributed by atoms with Crippen LogP contribution in [0.1, 0.15) is 26.7 Å². The quantitative estimate of drug-likeness (QED) is 0.113. The molecule has 0 spiro atoms.